The van der Waals surface area contributed by atoms with Crippen molar-refractivity contribution in [3.8, 4) is 0 Å². The normalized spacial score (nSPS) is 10.4. The van der Waals surface area contributed by atoms with Crippen molar-refractivity contribution >= 4 is 50.8 Å². The molecule has 0 aliphatic carbocycles. The van der Waals surface area contributed by atoms with Gasteiger partial charge in [0.25, 0.3) is 0 Å². The number of hydrogen-bond acceptors (Lipinski definition) is 3. The number of hydrogen-bond donors (Lipinski definition) is 1. The summed E-state index contributed by atoms with van der Waals surface area (Å²) in [6.45, 7) is 0.713. The van der Waals surface area contributed by atoms with E-state index in [1.54, 1.807) is 13.1 Å². The summed E-state index contributed by atoms with van der Waals surface area (Å²) in [5, 5.41) is 4.00. The van der Waals surface area contributed by atoms with Gasteiger partial charge in [-0.3, -0.25) is 0 Å². The summed E-state index contributed by atoms with van der Waals surface area (Å²) in [6.07, 6.45) is 0. The third-order valence-electron chi connectivity index (χ3n) is 2.84. The molecular formula is C14H14BrCl2N3. The zero-order valence-electron chi connectivity index (χ0n) is 11.1. The Balaban J connectivity index is 2.24. The largest absolute Gasteiger partial charge is 0.372 e. The summed E-state index contributed by atoms with van der Waals surface area (Å²) in [4.78, 5) is 6.43. The maximum atomic E-state index is 6.22. The topological polar surface area (TPSA) is 28.2 Å². The summed E-state index contributed by atoms with van der Waals surface area (Å²) >= 11 is 15.7. The summed E-state index contributed by atoms with van der Waals surface area (Å²) in [6, 6.07) is 9.85. The first-order valence-electron chi connectivity index (χ1n) is 6.00. The maximum Gasteiger partial charge on any atom is 0.149 e. The number of anilines is 2. The van der Waals surface area contributed by atoms with Crippen LogP contribution in [0.15, 0.2) is 34.8 Å². The lowest BCUT2D eigenvalue weighted by atomic mass is 10.2. The van der Waals surface area contributed by atoms with E-state index in [9.17, 15) is 0 Å². The van der Waals surface area contributed by atoms with Gasteiger partial charge in [-0.2, -0.15) is 0 Å². The van der Waals surface area contributed by atoms with Crippen molar-refractivity contribution in [1.29, 1.82) is 0 Å². The van der Waals surface area contributed by atoms with Crippen molar-refractivity contribution in [2.75, 3.05) is 24.3 Å². The summed E-state index contributed by atoms with van der Waals surface area (Å²) in [5.74, 6) is 1.32. The van der Waals surface area contributed by atoms with E-state index in [0.717, 1.165) is 4.47 Å². The van der Waals surface area contributed by atoms with E-state index in [1.165, 1.54) is 5.56 Å². The van der Waals surface area contributed by atoms with Gasteiger partial charge >= 0.3 is 0 Å². The number of halogens is 3. The van der Waals surface area contributed by atoms with Gasteiger partial charge < -0.3 is 10.2 Å². The van der Waals surface area contributed by atoms with Crippen LogP contribution in [0.5, 0.6) is 0 Å². The molecule has 0 unspecified atom stereocenters. The molecule has 6 heteroatoms. The van der Waals surface area contributed by atoms with E-state index in [0.29, 0.717) is 28.2 Å². The maximum absolute atomic E-state index is 6.22. The highest BCUT2D eigenvalue weighted by Gasteiger charge is 2.12. The Bertz CT molecular complexity index is 602. The van der Waals surface area contributed by atoms with E-state index in [-0.39, 0.29) is 0 Å². The molecule has 1 aromatic heterocycles. The van der Waals surface area contributed by atoms with E-state index in [4.69, 9.17) is 23.2 Å². The molecule has 0 saturated carbocycles. The number of nitrogens with one attached hydrogen (secondary N) is 1. The number of pyridine rings is 1. The molecule has 0 fully saturated rings. The van der Waals surface area contributed by atoms with Crippen LogP contribution in [0.2, 0.25) is 10.0 Å². The van der Waals surface area contributed by atoms with Gasteiger partial charge in [-0.15, -0.1) is 0 Å². The zero-order valence-corrected chi connectivity index (χ0v) is 14.2. The van der Waals surface area contributed by atoms with Crippen LogP contribution in [0.3, 0.4) is 0 Å². The Kier molecular flexibility index (Phi) is 5.13. The van der Waals surface area contributed by atoms with E-state index in [1.807, 2.05) is 24.1 Å². The highest BCUT2D eigenvalue weighted by Crippen LogP contribution is 2.31. The first kappa shape index (κ1) is 15.4. The van der Waals surface area contributed by atoms with Gasteiger partial charge in [0.05, 0.1) is 10.0 Å². The van der Waals surface area contributed by atoms with E-state index in [2.05, 4.69) is 38.4 Å². The molecule has 0 amide bonds. The van der Waals surface area contributed by atoms with Crippen LogP contribution >= 0.6 is 39.1 Å². The quantitative estimate of drug-likeness (QED) is 0.830. The molecule has 0 saturated heterocycles. The fourth-order valence-electron chi connectivity index (χ4n) is 1.84. The number of benzene rings is 1. The molecule has 3 nitrogen and oxygen atoms in total. The van der Waals surface area contributed by atoms with Crippen molar-refractivity contribution in [2.24, 2.45) is 0 Å². The van der Waals surface area contributed by atoms with Gasteiger partial charge in [0.2, 0.25) is 0 Å². The zero-order chi connectivity index (χ0) is 14.7. The Morgan fingerprint density at radius 1 is 1.20 bits per heavy atom. The van der Waals surface area contributed by atoms with Gasteiger partial charge in [-0.05, 0) is 23.8 Å². The highest BCUT2D eigenvalue weighted by molar-refractivity contribution is 9.10. The minimum absolute atomic E-state index is 0.512. The third-order valence-corrected chi connectivity index (χ3v) is 3.94. The molecule has 0 spiro atoms. The van der Waals surface area contributed by atoms with E-state index < -0.39 is 0 Å². The molecule has 106 valence electrons. The molecule has 1 heterocycles. The number of rotatable bonds is 4. The molecule has 0 bridgehead atoms. The minimum Gasteiger partial charge on any atom is -0.372 e. The number of nitrogens with zero attached hydrogens (tertiary/aromatic N) is 2. The Morgan fingerprint density at radius 3 is 2.45 bits per heavy atom. The molecule has 2 rings (SSSR count). The first-order chi connectivity index (χ1) is 9.51. The first-order valence-corrected chi connectivity index (χ1v) is 7.55. The van der Waals surface area contributed by atoms with Crippen LogP contribution in [0, 0.1) is 0 Å². The summed E-state index contributed by atoms with van der Waals surface area (Å²) in [7, 11) is 3.73. The molecule has 0 aliphatic rings. The second kappa shape index (κ2) is 6.66. The van der Waals surface area contributed by atoms with Crippen LogP contribution < -0.4 is 10.2 Å². The molecule has 0 atom stereocenters. The average molecular weight is 375 g/mol. The second-order valence-corrected chi connectivity index (χ2v) is 6.09. The lowest BCUT2D eigenvalue weighted by molar-refractivity contribution is 0.898. The van der Waals surface area contributed by atoms with Gasteiger partial charge in [0, 0.05) is 25.1 Å². The van der Waals surface area contributed by atoms with Crippen LogP contribution in [0.25, 0.3) is 0 Å². The van der Waals surface area contributed by atoms with Crippen LogP contribution in [-0.2, 0) is 6.54 Å². The van der Waals surface area contributed by atoms with Gasteiger partial charge in [-0.1, -0.05) is 51.3 Å². The Morgan fingerprint density at radius 2 is 1.85 bits per heavy atom. The monoisotopic (exact) mass is 373 g/mol. The van der Waals surface area contributed by atoms with Crippen molar-refractivity contribution in [2.45, 2.75) is 6.54 Å². The van der Waals surface area contributed by atoms with Crippen LogP contribution in [0.4, 0.5) is 11.6 Å². The molecule has 0 radical (unpaired) electrons. The highest BCUT2D eigenvalue weighted by atomic mass is 79.9. The van der Waals surface area contributed by atoms with Crippen molar-refractivity contribution in [1.82, 2.24) is 4.98 Å². The van der Waals surface area contributed by atoms with E-state index >= 15 is 0 Å². The fourth-order valence-corrected chi connectivity index (χ4v) is 2.70. The summed E-state index contributed by atoms with van der Waals surface area (Å²) < 4.78 is 1.06. The molecule has 0 aliphatic heterocycles. The predicted molar refractivity (Wildman–Crippen MR) is 90.1 cm³/mol. The lowest BCUT2D eigenvalue weighted by Crippen LogP contribution is -2.18. The second-order valence-electron chi connectivity index (χ2n) is 4.36. The molecule has 1 aromatic carbocycles. The minimum atomic E-state index is 0.512. The van der Waals surface area contributed by atoms with Crippen molar-refractivity contribution < 1.29 is 0 Å². The number of aromatic nitrogens is 1. The van der Waals surface area contributed by atoms with Crippen molar-refractivity contribution in [3.05, 3.63) is 50.4 Å². The fraction of sp³-hybridized carbons (Fsp3) is 0.214. The Labute approximate surface area is 137 Å². The van der Waals surface area contributed by atoms with Crippen molar-refractivity contribution in [3.63, 3.8) is 0 Å². The molecule has 1 N–H and O–H groups in total. The standard InChI is InChI=1S/C14H14BrCl2N3/c1-18-13-11(16)7-12(17)14(19-13)20(2)8-9-3-5-10(15)6-4-9/h3-7H,8H2,1-2H3,(H,18,19). The predicted octanol–water partition coefficient (Wildman–Crippen LogP) is 4.83. The average Bonchev–Trinajstić information content (AvgIpc) is 2.41. The molecular weight excluding hydrogens is 361 g/mol. The smallest absolute Gasteiger partial charge is 0.149 e. The van der Waals surface area contributed by atoms with Gasteiger partial charge in [0.1, 0.15) is 11.6 Å². The Hall–Kier alpha value is -0.970. The molecule has 2 aromatic rings. The SMILES string of the molecule is CNc1nc(N(C)Cc2ccc(Br)cc2)c(Cl)cc1Cl. The lowest BCUT2D eigenvalue weighted by Gasteiger charge is -2.20. The molecule has 20 heavy (non-hydrogen) atoms. The van der Waals surface area contributed by atoms with Gasteiger partial charge in [-0.25, -0.2) is 4.98 Å². The van der Waals surface area contributed by atoms with Gasteiger partial charge in [0.15, 0.2) is 0 Å². The van der Waals surface area contributed by atoms with Crippen LogP contribution in [-0.4, -0.2) is 19.1 Å². The third kappa shape index (κ3) is 3.57. The summed E-state index contributed by atoms with van der Waals surface area (Å²) in [5.41, 5.74) is 1.18. The van der Waals surface area contributed by atoms with Crippen LogP contribution in [0.1, 0.15) is 5.56 Å².